The first-order chi connectivity index (χ1) is 8.66. The van der Waals surface area contributed by atoms with Crippen LogP contribution in [0.1, 0.15) is 31.4 Å². The number of nitrogens with one attached hydrogen (secondary N) is 1. The molecule has 18 heavy (non-hydrogen) atoms. The third-order valence-corrected chi connectivity index (χ3v) is 4.68. The Labute approximate surface area is 111 Å². The Morgan fingerprint density at radius 2 is 2.22 bits per heavy atom. The molecule has 1 aliphatic heterocycles. The maximum Gasteiger partial charge on any atom is 0.269 e. The summed E-state index contributed by atoms with van der Waals surface area (Å²) in [5, 5.41) is 14.8. The van der Waals surface area contributed by atoms with Crippen LogP contribution in [0.4, 0.5) is 5.69 Å². The van der Waals surface area contributed by atoms with E-state index in [2.05, 4.69) is 12.2 Å². The second-order valence-electron chi connectivity index (χ2n) is 4.61. The highest BCUT2D eigenvalue weighted by Gasteiger charge is 2.16. The summed E-state index contributed by atoms with van der Waals surface area (Å²) in [6.45, 7) is 3.11. The Morgan fingerprint density at radius 3 is 2.78 bits per heavy atom. The van der Waals surface area contributed by atoms with E-state index in [1.165, 1.54) is 18.6 Å². The number of nitro benzene ring substituents is 1. The minimum Gasteiger partial charge on any atom is -0.309 e. The van der Waals surface area contributed by atoms with Gasteiger partial charge in [-0.25, -0.2) is 0 Å². The summed E-state index contributed by atoms with van der Waals surface area (Å²) < 4.78 is 0. The van der Waals surface area contributed by atoms with Crippen molar-refractivity contribution in [3.63, 3.8) is 0 Å². The number of hydrogen-bond acceptors (Lipinski definition) is 4. The fourth-order valence-corrected chi connectivity index (χ4v) is 3.33. The van der Waals surface area contributed by atoms with Crippen molar-refractivity contribution in [2.45, 2.75) is 31.1 Å². The van der Waals surface area contributed by atoms with E-state index >= 15 is 0 Å². The number of nitrogens with zero attached hydrogens (tertiary/aromatic N) is 1. The smallest absolute Gasteiger partial charge is 0.269 e. The zero-order valence-electron chi connectivity index (χ0n) is 10.5. The minimum absolute atomic E-state index is 0.150. The van der Waals surface area contributed by atoms with Gasteiger partial charge in [-0.1, -0.05) is 12.1 Å². The van der Waals surface area contributed by atoms with Crippen molar-refractivity contribution < 1.29 is 4.92 Å². The van der Waals surface area contributed by atoms with Gasteiger partial charge in [-0.05, 0) is 31.1 Å². The Kier molecular flexibility index (Phi) is 4.60. The molecule has 0 amide bonds. The molecule has 5 heteroatoms. The zero-order chi connectivity index (χ0) is 13.0. The average molecular weight is 266 g/mol. The zero-order valence-corrected chi connectivity index (χ0v) is 11.3. The van der Waals surface area contributed by atoms with Gasteiger partial charge >= 0.3 is 0 Å². The lowest BCUT2D eigenvalue weighted by molar-refractivity contribution is -0.384. The number of benzene rings is 1. The van der Waals surface area contributed by atoms with Gasteiger partial charge in [0.1, 0.15) is 0 Å². The fraction of sp³-hybridized carbons (Fsp3) is 0.538. The SMILES string of the molecule is CC(NCC1CCCS1)c1ccc([N+](=O)[O-])cc1. The lowest BCUT2D eigenvalue weighted by Crippen LogP contribution is -2.26. The van der Waals surface area contributed by atoms with Gasteiger partial charge in [-0.15, -0.1) is 0 Å². The minimum atomic E-state index is -0.364. The summed E-state index contributed by atoms with van der Waals surface area (Å²) in [7, 11) is 0. The van der Waals surface area contributed by atoms with Crippen LogP contribution in [-0.4, -0.2) is 22.5 Å². The quantitative estimate of drug-likeness (QED) is 0.657. The molecule has 1 aliphatic rings. The number of hydrogen-bond donors (Lipinski definition) is 1. The molecule has 2 unspecified atom stereocenters. The molecular weight excluding hydrogens is 248 g/mol. The van der Waals surface area contributed by atoms with Crippen LogP contribution in [0.3, 0.4) is 0 Å². The van der Waals surface area contributed by atoms with Crippen molar-refractivity contribution in [3.05, 3.63) is 39.9 Å². The number of non-ortho nitro benzene ring substituents is 1. The monoisotopic (exact) mass is 266 g/mol. The summed E-state index contributed by atoms with van der Waals surface area (Å²) in [5.74, 6) is 1.28. The maximum absolute atomic E-state index is 10.6. The van der Waals surface area contributed by atoms with Crippen molar-refractivity contribution in [1.29, 1.82) is 0 Å². The molecule has 1 aromatic rings. The Balaban J connectivity index is 1.87. The van der Waals surface area contributed by atoms with Crippen LogP contribution in [0.25, 0.3) is 0 Å². The summed E-state index contributed by atoms with van der Waals surface area (Å²) >= 11 is 2.03. The third kappa shape index (κ3) is 3.46. The number of rotatable bonds is 5. The van der Waals surface area contributed by atoms with Crippen molar-refractivity contribution in [1.82, 2.24) is 5.32 Å². The molecule has 1 aromatic carbocycles. The van der Waals surface area contributed by atoms with Crippen molar-refractivity contribution in [2.24, 2.45) is 0 Å². The predicted molar refractivity (Wildman–Crippen MR) is 75.0 cm³/mol. The van der Waals surface area contributed by atoms with E-state index in [1.807, 2.05) is 23.9 Å². The van der Waals surface area contributed by atoms with E-state index < -0.39 is 0 Å². The van der Waals surface area contributed by atoms with Crippen molar-refractivity contribution in [3.8, 4) is 0 Å². The van der Waals surface area contributed by atoms with Gasteiger partial charge in [0, 0.05) is 30.0 Å². The van der Waals surface area contributed by atoms with Crippen LogP contribution in [0.2, 0.25) is 0 Å². The normalized spacial score (nSPS) is 20.8. The second-order valence-corrected chi connectivity index (χ2v) is 6.02. The molecule has 1 saturated heterocycles. The lowest BCUT2D eigenvalue weighted by atomic mass is 10.1. The molecule has 0 radical (unpaired) electrons. The Hall–Kier alpha value is -1.07. The summed E-state index contributed by atoms with van der Waals surface area (Å²) in [6.07, 6.45) is 2.62. The molecule has 0 aliphatic carbocycles. The highest BCUT2D eigenvalue weighted by molar-refractivity contribution is 8.00. The average Bonchev–Trinajstić information content (AvgIpc) is 2.89. The molecule has 0 spiro atoms. The van der Waals surface area contributed by atoms with Gasteiger partial charge in [-0.2, -0.15) is 11.8 Å². The van der Waals surface area contributed by atoms with E-state index in [0.717, 1.165) is 17.4 Å². The van der Waals surface area contributed by atoms with Gasteiger partial charge < -0.3 is 5.32 Å². The topological polar surface area (TPSA) is 55.2 Å². The Bertz CT molecular complexity index is 402. The Morgan fingerprint density at radius 1 is 1.50 bits per heavy atom. The molecule has 0 aromatic heterocycles. The first kappa shape index (κ1) is 13.4. The van der Waals surface area contributed by atoms with Gasteiger partial charge in [0.2, 0.25) is 0 Å². The molecule has 1 fully saturated rings. The van der Waals surface area contributed by atoms with Crippen LogP contribution in [0, 0.1) is 10.1 Å². The summed E-state index contributed by atoms with van der Waals surface area (Å²) in [5.41, 5.74) is 1.25. The summed E-state index contributed by atoms with van der Waals surface area (Å²) in [4.78, 5) is 10.2. The van der Waals surface area contributed by atoms with Crippen LogP contribution in [0.5, 0.6) is 0 Å². The van der Waals surface area contributed by atoms with Gasteiger partial charge in [0.05, 0.1) is 4.92 Å². The predicted octanol–water partition coefficient (Wildman–Crippen LogP) is 3.14. The van der Waals surface area contributed by atoms with Crippen molar-refractivity contribution in [2.75, 3.05) is 12.3 Å². The molecule has 2 rings (SSSR count). The highest BCUT2D eigenvalue weighted by Crippen LogP contribution is 2.26. The van der Waals surface area contributed by atoms with E-state index in [4.69, 9.17) is 0 Å². The number of thioether (sulfide) groups is 1. The van der Waals surface area contributed by atoms with Crippen LogP contribution >= 0.6 is 11.8 Å². The molecule has 1 heterocycles. The molecule has 98 valence electrons. The van der Waals surface area contributed by atoms with E-state index in [1.54, 1.807) is 12.1 Å². The molecule has 0 saturated carbocycles. The molecule has 2 atom stereocenters. The van der Waals surface area contributed by atoms with Crippen molar-refractivity contribution >= 4 is 17.4 Å². The van der Waals surface area contributed by atoms with Gasteiger partial charge in [0.15, 0.2) is 0 Å². The van der Waals surface area contributed by atoms with E-state index in [0.29, 0.717) is 0 Å². The fourth-order valence-electron chi connectivity index (χ4n) is 2.12. The largest absolute Gasteiger partial charge is 0.309 e. The third-order valence-electron chi connectivity index (χ3n) is 3.28. The second kappa shape index (κ2) is 6.20. The van der Waals surface area contributed by atoms with Crippen LogP contribution in [0.15, 0.2) is 24.3 Å². The van der Waals surface area contributed by atoms with Crippen LogP contribution in [-0.2, 0) is 0 Å². The molecule has 1 N–H and O–H groups in total. The molecule has 0 bridgehead atoms. The maximum atomic E-state index is 10.6. The van der Waals surface area contributed by atoms with E-state index in [-0.39, 0.29) is 16.7 Å². The number of nitro groups is 1. The standard InChI is InChI=1S/C13H18N2O2S/c1-10(14-9-13-3-2-8-18-13)11-4-6-12(7-5-11)15(16)17/h4-7,10,13-14H,2-3,8-9H2,1H3. The first-order valence-electron chi connectivity index (χ1n) is 6.26. The van der Waals surface area contributed by atoms with Gasteiger partial charge in [-0.3, -0.25) is 10.1 Å². The first-order valence-corrected chi connectivity index (χ1v) is 7.31. The lowest BCUT2D eigenvalue weighted by Gasteiger charge is -2.17. The molecule has 4 nitrogen and oxygen atoms in total. The molecular formula is C13H18N2O2S. The summed E-state index contributed by atoms with van der Waals surface area (Å²) in [6, 6.07) is 7.04. The van der Waals surface area contributed by atoms with E-state index in [9.17, 15) is 10.1 Å². The highest BCUT2D eigenvalue weighted by atomic mass is 32.2. The van der Waals surface area contributed by atoms with Crippen LogP contribution < -0.4 is 5.32 Å². The van der Waals surface area contributed by atoms with Gasteiger partial charge in [0.25, 0.3) is 5.69 Å².